The van der Waals surface area contributed by atoms with Crippen LogP contribution < -0.4 is 10.6 Å². The lowest BCUT2D eigenvalue weighted by atomic mass is 9.89. The van der Waals surface area contributed by atoms with Crippen LogP contribution in [0.3, 0.4) is 0 Å². The molecule has 3 rings (SSSR count). The van der Waals surface area contributed by atoms with Gasteiger partial charge in [0.15, 0.2) is 0 Å². The third-order valence-corrected chi connectivity index (χ3v) is 4.66. The van der Waals surface area contributed by atoms with E-state index >= 15 is 0 Å². The number of carbonyl (C=O) groups is 1. The highest BCUT2D eigenvalue weighted by molar-refractivity contribution is 6.30. The van der Waals surface area contributed by atoms with Gasteiger partial charge in [0.1, 0.15) is 0 Å². The van der Waals surface area contributed by atoms with E-state index in [1.165, 1.54) is 6.07 Å². The van der Waals surface area contributed by atoms with Gasteiger partial charge in [-0.3, -0.25) is 4.98 Å². The largest absolute Gasteiger partial charge is 0.417 e. The van der Waals surface area contributed by atoms with Crippen molar-refractivity contribution in [3.63, 3.8) is 0 Å². The summed E-state index contributed by atoms with van der Waals surface area (Å²) < 4.78 is 38.3. The maximum absolute atomic E-state index is 12.8. The van der Waals surface area contributed by atoms with Crippen LogP contribution >= 0.6 is 11.6 Å². The molecule has 5 nitrogen and oxygen atoms in total. The number of carbonyl (C=O) groups excluding carboxylic acids is 1. The second-order valence-electron chi connectivity index (χ2n) is 6.33. The zero-order valence-corrected chi connectivity index (χ0v) is 14.8. The van der Waals surface area contributed by atoms with Crippen molar-refractivity contribution in [2.45, 2.75) is 37.2 Å². The van der Waals surface area contributed by atoms with Gasteiger partial charge in [-0.1, -0.05) is 23.7 Å². The SMILES string of the molecule is O=C(NC(c1cccc(Cl)c1)c1ccc(C(F)(F)F)cn1)N[C@@H]1CC[C@H]1O. The average molecular weight is 400 g/mol. The molecule has 1 aliphatic rings. The molecule has 1 aromatic heterocycles. The zero-order chi connectivity index (χ0) is 19.6. The molecular formula is C18H17ClF3N3O2. The van der Waals surface area contributed by atoms with Crippen LogP contribution in [0.4, 0.5) is 18.0 Å². The lowest BCUT2D eigenvalue weighted by molar-refractivity contribution is -0.137. The molecule has 2 aromatic rings. The van der Waals surface area contributed by atoms with E-state index in [1.807, 2.05) is 0 Å². The van der Waals surface area contributed by atoms with Crippen LogP contribution in [-0.2, 0) is 6.18 Å². The molecule has 1 unspecified atom stereocenters. The first-order chi connectivity index (χ1) is 12.7. The van der Waals surface area contributed by atoms with Crippen molar-refractivity contribution in [1.82, 2.24) is 15.6 Å². The Hall–Kier alpha value is -2.32. The van der Waals surface area contributed by atoms with Crippen molar-refractivity contribution < 1.29 is 23.1 Å². The number of amides is 2. The Morgan fingerprint density at radius 3 is 2.56 bits per heavy atom. The highest BCUT2D eigenvalue weighted by Gasteiger charge is 2.32. The minimum absolute atomic E-state index is 0.231. The molecule has 3 N–H and O–H groups in total. The fourth-order valence-corrected chi connectivity index (χ4v) is 2.95. The van der Waals surface area contributed by atoms with Crippen LogP contribution in [0.1, 0.15) is 35.7 Å². The lowest BCUT2D eigenvalue weighted by Gasteiger charge is -2.33. The highest BCUT2D eigenvalue weighted by Crippen LogP contribution is 2.30. The number of rotatable bonds is 4. The van der Waals surface area contributed by atoms with Crippen molar-refractivity contribution in [2.24, 2.45) is 0 Å². The fraction of sp³-hybridized carbons (Fsp3) is 0.333. The molecule has 0 aliphatic heterocycles. The van der Waals surface area contributed by atoms with Gasteiger partial charge < -0.3 is 15.7 Å². The normalized spacial score (nSPS) is 20.5. The van der Waals surface area contributed by atoms with E-state index in [0.29, 0.717) is 23.4 Å². The van der Waals surface area contributed by atoms with E-state index in [1.54, 1.807) is 24.3 Å². The number of aromatic nitrogens is 1. The molecule has 9 heteroatoms. The Bertz CT molecular complexity index is 814. The third-order valence-electron chi connectivity index (χ3n) is 4.42. The van der Waals surface area contributed by atoms with Gasteiger partial charge in [-0.15, -0.1) is 0 Å². The summed E-state index contributed by atoms with van der Waals surface area (Å²) in [4.78, 5) is 16.2. The van der Waals surface area contributed by atoms with E-state index in [0.717, 1.165) is 12.3 Å². The molecule has 3 atom stereocenters. The lowest BCUT2D eigenvalue weighted by Crippen LogP contribution is -2.53. The second kappa shape index (κ2) is 7.74. The first-order valence-corrected chi connectivity index (χ1v) is 8.65. The summed E-state index contributed by atoms with van der Waals surface area (Å²) in [5.74, 6) is 0. The fourth-order valence-electron chi connectivity index (χ4n) is 2.75. The summed E-state index contributed by atoms with van der Waals surface area (Å²) in [5, 5.41) is 15.3. The molecule has 1 fully saturated rings. The first kappa shape index (κ1) is 19.4. The monoisotopic (exact) mass is 399 g/mol. The third kappa shape index (κ3) is 4.70. The zero-order valence-electron chi connectivity index (χ0n) is 14.0. The summed E-state index contributed by atoms with van der Waals surface area (Å²) in [5.41, 5.74) is -0.0771. The van der Waals surface area contributed by atoms with Crippen molar-refractivity contribution >= 4 is 17.6 Å². The molecule has 2 amide bonds. The molecule has 144 valence electrons. The number of nitrogens with one attached hydrogen (secondary N) is 2. The van der Waals surface area contributed by atoms with Crippen molar-refractivity contribution in [1.29, 1.82) is 0 Å². The predicted molar refractivity (Wildman–Crippen MR) is 93.2 cm³/mol. The summed E-state index contributed by atoms with van der Waals surface area (Å²) >= 11 is 6.00. The number of alkyl halides is 3. The Morgan fingerprint density at radius 2 is 2.04 bits per heavy atom. The number of hydrogen-bond acceptors (Lipinski definition) is 3. The van der Waals surface area contributed by atoms with Crippen LogP contribution in [0, 0.1) is 0 Å². The van der Waals surface area contributed by atoms with Crippen LogP contribution in [-0.4, -0.2) is 28.3 Å². The first-order valence-electron chi connectivity index (χ1n) is 8.28. The molecule has 0 saturated heterocycles. The number of urea groups is 1. The van der Waals surface area contributed by atoms with Crippen LogP contribution in [0.15, 0.2) is 42.6 Å². The van der Waals surface area contributed by atoms with Crippen molar-refractivity contribution in [2.75, 3.05) is 0 Å². The number of benzene rings is 1. The minimum Gasteiger partial charge on any atom is -0.391 e. The molecule has 1 aliphatic carbocycles. The predicted octanol–water partition coefficient (Wildman–Crippen LogP) is 3.67. The summed E-state index contributed by atoms with van der Waals surface area (Å²) in [6.07, 6.45) is -3.09. The molecule has 1 saturated carbocycles. The number of nitrogens with zero attached hydrogens (tertiary/aromatic N) is 1. The Kier molecular flexibility index (Phi) is 5.57. The van der Waals surface area contributed by atoms with Gasteiger partial charge in [0.05, 0.1) is 29.4 Å². The number of pyridine rings is 1. The van der Waals surface area contributed by atoms with E-state index in [-0.39, 0.29) is 11.7 Å². The van der Waals surface area contributed by atoms with E-state index in [4.69, 9.17) is 11.6 Å². The number of aliphatic hydroxyl groups is 1. The van der Waals surface area contributed by atoms with Gasteiger partial charge in [0, 0.05) is 11.2 Å². The Balaban J connectivity index is 1.84. The van der Waals surface area contributed by atoms with E-state index in [9.17, 15) is 23.1 Å². The van der Waals surface area contributed by atoms with Gasteiger partial charge in [-0.2, -0.15) is 13.2 Å². The molecule has 0 radical (unpaired) electrons. The molecule has 1 heterocycles. The Labute approximate surface area is 158 Å². The maximum atomic E-state index is 12.8. The Morgan fingerprint density at radius 1 is 1.26 bits per heavy atom. The van der Waals surface area contributed by atoms with Gasteiger partial charge in [0.25, 0.3) is 0 Å². The topological polar surface area (TPSA) is 74.2 Å². The van der Waals surface area contributed by atoms with Crippen LogP contribution in [0.25, 0.3) is 0 Å². The van der Waals surface area contributed by atoms with Crippen LogP contribution in [0.2, 0.25) is 5.02 Å². The molecule has 0 spiro atoms. The van der Waals surface area contributed by atoms with Crippen molar-refractivity contribution in [3.8, 4) is 0 Å². The number of hydrogen-bond donors (Lipinski definition) is 3. The maximum Gasteiger partial charge on any atom is 0.417 e. The molecule has 0 bridgehead atoms. The number of aliphatic hydroxyl groups excluding tert-OH is 1. The van der Waals surface area contributed by atoms with Gasteiger partial charge in [0.2, 0.25) is 0 Å². The molecule has 27 heavy (non-hydrogen) atoms. The standard InChI is InChI=1S/C18H17ClF3N3O2/c19-12-3-1-2-10(8-12)16(25-17(27)24-13-6-7-15(13)26)14-5-4-11(9-23-14)18(20,21)22/h1-5,8-9,13,15-16,26H,6-7H2,(H2,24,25,27)/t13-,15-,16?/m1/s1. The summed E-state index contributed by atoms with van der Waals surface area (Å²) in [7, 11) is 0. The van der Waals surface area contributed by atoms with E-state index in [2.05, 4.69) is 15.6 Å². The van der Waals surface area contributed by atoms with Gasteiger partial charge in [-0.05, 0) is 42.7 Å². The highest BCUT2D eigenvalue weighted by atomic mass is 35.5. The van der Waals surface area contributed by atoms with Gasteiger partial charge in [-0.25, -0.2) is 4.79 Å². The number of halogens is 4. The minimum atomic E-state index is -4.50. The van der Waals surface area contributed by atoms with Gasteiger partial charge >= 0.3 is 12.2 Å². The summed E-state index contributed by atoms with van der Waals surface area (Å²) in [6, 6.07) is 7.04. The second-order valence-corrected chi connectivity index (χ2v) is 6.76. The summed E-state index contributed by atoms with van der Waals surface area (Å²) in [6.45, 7) is 0. The average Bonchev–Trinajstić information content (AvgIpc) is 2.62. The molecule has 1 aromatic carbocycles. The van der Waals surface area contributed by atoms with Crippen molar-refractivity contribution in [3.05, 3.63) is 64.4 Å². The quantitative estimate of drug-likeness (QED) is 0.734. The van der Waals surface area contributed by atoms with Crippen LogP contribution in [0.5, 0.6) is 0 Å². The molecular weight excluding hydrogens is 383 g/mol. The van der Waals surface area contributed by atoms with E-state index < -0.39 is 29.9 Å². The smallest absolute Gasteiger partial charge is 0.391 e.